The lowest BCUT2D eigenvalue weighted by atomic mass is 10.1. The van der Waals surface area contributed by atoms with Gasteiger partial charge in [0.1, 0.15) is 11.6 Å². The second-order valence-electron chi connectivity index (χ2n) is 9.05. The molecule has 0 saturated carbocycles. The van der Waals surface area contributed by atoms with E-state index >= 15 is 0 Å². The van der Waals surface area contributed by atoms with Crippen LogP contribution in [0.2, 0.25) is 5.02 Å². The SMILES string of the molecule is CC(=O)N(NCc1cccc(F)c1Cl)[C@H](CON(C=O)c1cc2cc(F)ccc2cn1)CC(=O)N1CCOCC1. The predicted octanol–water partition coefficient (Wildman–Crippen LogP) is 3.23. The largest absolute Gasteiger partial charge is 0.378 e. The van der Waals surface area contributed by atoms with Gasteiger partial charge >= 0.3 is 0 Å². The van der Waals surface area contributed by atoms with Crippen LogP contribution in [0, 0.1) is 11.6 Å². The number of morpholine rings is 1. The average Bonchev–Trinajstić information content (AvgIpc) is 2.95. The molecule has 0 spiro atoms. The second kappa shape index (κ2) is 13.6. The van der Waals surface area contributed by atoms with Gasteiger partial charge in [-0.2, -0.15) is 5.06 Å². The molecule has 2 heterocycles. The van der Waals surface area contributed by atoms with Gasteiger partial charge in [-0.1, -0.05) is 23.7 Å². The first-order valence-corrected chi connectivity index (χ1v) is 12.9. The van der Waals surface area contributed by atoms with E-state index in [1.807, 2.05) is 0 Å². The highest BCUT2D eigenvalue weighted by Gasteiger charge is 2.29. The van der Waals surface area contributed by atoms with Gasteiger partial charge in [0, 0.05) is 38.1 Å². The molecule has 3 aromatic rings. The molecular formula is C27H28ClF2N5O5. The lowest BCUT2D eigenvalue weighted by Gasteiger charge is -2.34. The summed E-state index contributed by atoms with van der Waals surface area (Å²) in [7, 11) is 0. The van der Waals surface area contributed by atoms with Crippen LogP contribution in [0.4, 0.5) is 14.6 Å². The normalized spacial score (nSPS) is 14.2. The number of carbonyl (C=O) groups is 3. The highest BCUT2D eigenvalue weighted by atomic mass is 35.5. The molecule has 1 saturated heterocycles. The third-order valence-corrected chi connectivity index (χ3v) is 6.77. The summed E-state index contributed by atoms with van der Waals surface area (Å²) in [5.74, 6) is -1.67. The molecule has 1 aliphatic heterocycles. The van der Waals surface area contributed by atoms with Crippen molar-refractivity contribution in [1.29, 1.82) is 0 Å². The van der Waals surface area contributed by atoms with E-state index in [9.17, 15) is 23.2 Å². The number of hydrogen-bond donors (Lipinski definition) is 1. The van der Waals surface area contributed by atoms with Gasteiger partial charge in [-0.05, 0) is 41.3 Å². The van der Waals surface area contributed by atoms with Gasteiger partial charge in [-0.25, -0.2) is 19.2 Å². The number of hydroxylamine groups is 1. The van der Waals surface area contributed by atoms with E-state index in [1.54, 1.807) is 17.0 Å². The molecule has 4 rings (SSSR count). The van der Waals surface area contributed by atoms with Crippen molar-refractivity contribution in [3.05, 3.63) is 70.9 Å². The first-order chi connectivity index (χ1) is 19.3. The van der Waals surface area contributed by atoms with E-state index in [0.717, 1.165) is 5.06 Å². The highest BCUT2D eigenvalue weighted by Crippen LogP contribution is 2.22. The average molecular weight is 576 g/mol. The summed E-state index contributed by atoms with van der Waals surface area (Å²) in [6, 6.07) is 9.05. The number of rotatable bonds is 11. The Bertz CT molecular complexity index is 1370. The number of amides is 3. The van der Waals surface area contributed by atoms with Gasteiger partial charge in [0.05, 0.1) is 37.3 Å². The summed E-state index contributed by atoms with van der Waals surface area (Å²) in [5.41, 5.74) is 3.31. The summed E-state index contributed by atoms with van der Waals surface area (Å²) in [6.45, 7) is 2.57. The number of nitrogens with one attached hydrogen (secondary N) is 1. The Hall–Kier alpha value is -3.71. The quantitative estimate of drug-likeness (QED) is 0.276. The monoisotopic (exact) mass is 575 g/mol. The number of aromatic nitrogens is 1. The minimum Gasteiger partial charge on any atom is -0.378 e. The molecule has 13 heteroatoms. The second-order valence-corrected chi connectivity index (χ2v) is 9.43. The Balaban J connectivity index is 1.54. The van der Waals surface area contributed by atoms with Crippen LogP contribution in [0.5, 0.6) is 0 Å². The maximum Gasteiger partial charge on any atom is 0.239 e. The van der Waals surface area contributed by atoms with Crippen molar-refractivity contribution >= 4 is 46.4 Å². The molecule has 3 amide bonds. The summed E-state index contributed by atoms with van der Waals surface area (Å²) in [4.78, 5) is 49.3. The molecular weight excluding hydrogens is 548 g/mol. The topological polar surface area (TPSA) is 104 Å². The van der Waals surface area contributed by atoms with E-state index in [1.165, 1.54) is 48.5 Å². The predicted molar refractivity (Wildman–Crippen MR) is 143 cm³/mol. The number of hydrazine groups is 1. The Morgan fingerprint density at radius 1 is 1.20 bits per heavy atom. The van der Waals surface area contributed by atoms with Crippen molar-refractivity contribution in [2.24, 2.45) is 0 Å². The van der Waals surface area contributed by atoms with Crippen molar-refractivity contribution in [2.45, 2.75) is 25.9 Å². The van der Waals surface area contributed by atoms with Crippen LogP contribution < -0.4 is 10.5 Å². The molecule has 0 bridgehead atoms. The molecule has 0 unspecified atom stereocenters. The molecule has 212 valence electrons. The van der Waals surface area contributed by atoms with Crippen LogP contribution in [-0.4, -0.2) is 72.1 Å². The maximum absolute atomic E-state index is 13.9. The molecule has 1 aromatic heterocycles. The first-order valence-electron chi connectivity index (χ1n) is 12.5. The van der Waals surface area contributed by atoms with E-state index in [2.05, 4.69) is 10.4 Å². The van der Waals surface area contributed by atoms with E-state index in [0.29, 0.717) is 49.0 Å². The molecule has 0 radical (unpaired) electrons. The van der Waals surface area contributed by atoms with Crippen LogP contribution in [0.15, 0.2) is 48.7 Å². The van der Waals surface area contributed by atoms with Crippen molar-refractivity contribution in [3.63, 3.8) is 0 Å². The zero-order valence-corrected chi connectivity index (χ0v) is 22.4. The standard InChI is InChI=1S/C27H28ClF2N5O5/c1-18(37)35(32-15-20-3-2-4-24(30)27(20)28)23(13-26(38)33-7-9-39-10-8-33)16-40-34(17-36)25-12-21-11-22(29)6-5-19(21)14-31-25/h2-6,11-12,14,17,23,32H,7-10,13,15-16H2,1H3/t23-/m0/s1. The Morgan fingerprint density at radius 2 is 1.98 bits per heavy atom. The van der Waals surface area contributed by atoms with Crippen molar-refractivity contribution in [1.82, 2.24) is 20.3 Å². The summed E-state index contributed by atoms with van der Waals surface area (Å²) in [6.07, 6.45) is 1.70. The molecule has 1 N–H and O–H groups in total. The lowest BCUT2D eigenvalue weighted by Crippen LogP contribution is -2.53. The number of halogens is 3. The van der Waals surface area contributed by atoms with E-state index in [-0.39, 0.29) is 36.3 Å². The summed E-state index contributed by atoms with van der Waals surface area (Å²) < 4.78 is 33.0. The number of hydrogen-bond acceptors (Lipinski definition) is 7. The van der Waals surface area contributed by atoms with Crippen molar-refractivity contribution < 1.29 is 32.7 Å². The minimum absolute atomic E-state index is 0.0202. The zero-order valence-electron chi connectivity index (χ0n) is 21.7. The first kappa shape index (κ1) is 29.3. The number of benzene rings is 2. The Morgan fingerprint density at radius 3 is 2.70 bits per heavy atom. The fourth-order valence-corrected chi connectivity index (χ4v) is 4.45. The third kappa shape index (κ3) is 7.27. The van der Waals surface area contributed by atoms with Gasteiger partial charge in [-0.15, -0.1) is 0 Å². The maximum atomic E-state index is 13.9. The number of anilines is 1. The van der Waals surface area contributed by atoms with Gasteiger partial charge in [0.2, 0.25) is 18.2 Å². The van der Waals surface area contributed by atoms with Gasteiger partial charge < -0.3 is 9.64 Å². The molecule has 2 aromatic carbocycles. The van der Waals surface area contributed by atoms with Crippen LogP contribution in [-0.2, 0) is 30.5 Å². The van der Waals surface area contributed by atoms with Gasteiger partial charge in [-0.3, -0.25) is 24.2 Å². The molecule has 10 nitrogen and oxygen atoms in total. The van der Waals surface area contributed by atoms with Crippen LogP contribution in [0.25, 0.3) is 10.8 Å². The molecule has 0 aliphatic carbocycles. The smallest absolute Gasteiger partial charge is 0.239 e. The fourth-order valence-electron chi connectivity index (χ4n) is 4.26. The van der Waals surface area contributed by atoms with Crippen LogP contribution in [0.3, 0.4) is 0 Å². The van der Waals surface area contributed by atoms with Gasteiger partial charge in [0.15, 0.2) is 5.82 Å². The summed E-state index contributed by atoms with van der Waals surface area (Å²) in [5, 5.41) is 3.11. The molecule has 1 aliphatic rings. The number of ether oxygens (including phenoxy) is 1. The molecule has 40 heavy (non-hydrogen) atoms. The number of carbonyl (C=O) groups excluding carboxylic acids is 3. The van der Waals surface area contributed by atoms with Gasteiger partial charge in [0.25, 0.3) is 0 Å². The van der Waals surface area contributed by atoms with Crippen molar-refractivity contribution in [3.8, 4) is 0 Å². The highest BCUT2D eigenvalue weighted by molar-refractivity contribution is 6.31. The Kier molecular flexibility index (Phi) is 9.93. The third-order valence-electron chi connectivity index (χ3n) is 6.35. The zero-order chi connectivity index (χ0) is 28.6. The van der Waals surface area contributed by atoms with Crippen molar-refractivity contribution in [2.75, 3.05) is 38.0 Å². The minimum atomic E-state index is -0.888. The van der Waals surface area contributed by atoms with Crippen LogP contribution in [0.1, 0.15) is 18.9 Å². The molecule has 1 fully saturated rings. The lowest BCUT2D eigenvalue weighted by molar-refractivity contribution is -0.143. The Labute approximate surface area is 234 Å². The fraction of sp³-hybridized carbons (Fsp3) is 0.333. The molecule has 1 atom stereocenters. The number of nitrogens with zero attached hydrogens (tertiary/aromatic N) is 4. The summed E-state index contributed by atoms with van der Waals surface area (Å²) >= 11 is 6.07. The van der Waals surface area contributed by atoms with E-state index in [4.69, 9.17) is 21.2 Å². The number of pyridine rings is 1. The van der Waals surface area contributed by atoms with E-state index < -0.39 is 23.6 Å². The van der Waals surface area contributed by atoms with Crippen LogP contribution >= 0.6 is 11.6 Å². The number of fused-ring (bicyclic) bond motifs is 1.